The predicted molar refractivity (Wildman–Crippen MR) is 47.8 cm³/mol. The molecular weight excluding hydrogens is 241 g/mol. The zero-order chi connectivity index (χ0) is 7.40. The molecule has 1 heterocycles. The first-order valence-electron chi connectivity index (χ1n) is 3.43. The monoisotopic (exact) mass is 251 g/mol. The molecule has 0 aliphatic rings. The number of halogens is 1. The van der Waals surface area contributed by atoms with Crippen LogP contribution < -0.4 is 0 Å². The van der Waals surface area contributed by atoms with E-state index in [1.807, 2.05) is 0 Å². The Kier molecular flexibility index (Phi) is 3.18. The van der Waals surface area contributed by atoms with Crippen molar-refractivity contribution in [2.45, 2.75) is 26.2 Å². The number of oxazole rings is 1. The van der Waals surface area contributed by atoms with E-state index < -0.39 is 0 Å². The third kappa shape index (κ3) is 2.28. The number of unbranched alkanes of at least 4 members (excludes halogenated alkanes) is 1. The van der Waals surface area contributed by atoms with Crippen molar-refractivity contribution >= 4 is 22.6 Å². The molecule has 56 valence electrons. The highest BCUT2D eigenvalue weighted by atomic mass is 127. The van der Waals surface area contributed by atoms with Crippen LogP contribution in [0.3, 0.4) is 0 Å². The topological polar surface area (TPSA) is 26.0 Å². The van der Waals surface area contributed by atoms with Crippen LogP contribution in [0.15, 0.2) is 10.7 Å². The Labute approximate surface area is 74.2 Å². The second-order valence-electron chi connectivity index (χ2n) is 2.20. The SMILES string of the molecule is CCCCc1coc(I)n1. The lowest BCUT2D eigenvalue weighted by Gasteiger charge is -1.88. The van der Waals surface area contributed by atoms with Gasteiger partial charge in [0.05, 0.1) is 5.69 Å². The van der Waals surface area contributed by atoms with E-state index in [2.05, 4.69) is 34.5 Å². The Morgan fingerprint density at radius 2 is 2.50 bits per heavy atom. The van der Waals surface area contributed by atoms with Crippen molar-refractivity contribution in [2.24, 2.45) is 0 Å². The number of hydrogen-bond donors (Lipinski definition) is 0. The molecule has 0 amide bonds. The molecule has 1 aromatic heterocycles. The maximum atomic E-state index is 5.04. The lowest BCUT2D eigenvalue weighted by atomic mass is 10.2. The van der Waals surface area contributed by atoms with Crippen LogP contribution in [0, 0.1) is 3.90 Å². The number of aryl methyl sites for hydroxylation is 1. The Hall–Kier alpha value is -0.0600. The minimum Gasteiger partial charge on any atom is -0.440 e. The van der Waals surface area contributed by atoms with Crippen LogP contribution in [-0.4, -0.2) is 4.98 Å². The summed E-state index contributed by atoms with van der Waals surface area (Å²) in [6, 6.07) is 0. The molecule has 0 aromatic carbocycles. The quantitative estimate of drug-likeness (QED) is 0.772. The first-order chi connectivity index (χ1) is 4.83. The summed E-state index contributed by atoms with van der Waals surface area (Å²) in [5.41, 5.74) is 1.08. The van der Waals surface area contributed by atoms with Crippen molar-refractivity contribution in [2.75, 3.05) is 0 Å². The van der Waals surface area contributed by atoms with E-state index in [0.717, 1.165) is 16.0 Å². The molecule has 0 unspecified atom stereocenters. The fraction of sp³-hybridized carbons (Fsp3) is 0.571. The van der Waals surface area contributed by atoms with Crippen LogP contribution in [0.1, 0.15) is 25.5 Å². The lowest BCUT2D eigenvalue weighted by molar-refractivity contribution is 0.524. The molecule has 1 rings (SSSR count). The molecule has 2 nitrogen and oxygen atoms in total. The Balaban J connectivity index is 2.42. The highest BCUT2D eigenvalue weighted by Gasteiger charge is 1.97. The summed E-state index contributed by atoms with van der Waals surface area (Å²) < 4.78 is 5.78. The van der Waals surface area contributed by atoms with E-state index in [-0.39, 0.29) is 0 Å². The molecule has 0 fully saturated rings. The molecule has 0 N–H and O–H groups in total. The van der Waals surface area contributed by atoms with Gasteiger partial charge in [0, 0.05) is 22.6 Å². The minimum absolute atomic E-state index is 0.740. The van der Waals surface area contributed by atoms with Gasteiger partial charge in [-0.05, 0) is 12.8 Å². The highest BCUT2D eigenvalue weighted by Crippen LogP contribution is 2.07. The van der Waals surface area contributed by atoms with E-state index in [0.29, 0.717) is 0 Å². The highest BCUT2D eigenvalue weighted by molar-refractivity contribution is 14.1. The van der Waals surface area contributed by atoms with Crippen LogP contribution in [-0.2, 0) is 6.42 Å². The Morgan fingerprint density at radius 3 is 3.00 bits per heavy atom. The van der Waals surface area contributed by atoms with Gasteiger partial charge >= 0.3 is 0 Å². The van der Waals surface area contributed by atoms with Gasteiger partial charge in [0.1, 0.15) is 6.26 Å². The first kappa shape index (κ1) is 8.04. The van der Waals surface area contributed by atoms with Crippen LogP contribution in [0.4, 0.5) is 0 Å². The van der Waals surface area contributed by atoms with Crippen molar-refractivity contribution in [3.63, 3.8) is 0 Å². The normalized spacial score (nSPS) is 10.2. The van der Waals surface area contributed by atoms with Crippen molar-refractivity contribution in [1.82, 2.24) is 4.98 Å². The second kappa shape index (κ2) is 3.95. The van der Waals surface area contributed by atoms with Gasteiger partial charge in [-0.2, -0.15) is 0 Å². The predicted octanol–water partition coefficient (Wildman–Crippen LogP) is 2.62. The number of hydrogen-bond acceptors (Lipinski definition) is 2. The standard InChI is InChI=1S/C7H10INO/c1-2-3-4-6-5-10-7(8)9-6/h5H,2-4H2,1H3. The molecular formula is C7H10INO. The number of rotatable bonds is 3. The summed E-state index contributed by atoms with van der Waals surface area (Å²) in [4.78, 5) is 4.17. The lowest BCUT2D eigenvalue weighted by Crippen LogP contribution is -1.83. The molecule has 0 spiro atoms. The molecule has 1 aromatic rings. The molecule has 0 aliphatic heterocycles. The summed E-state index contributed by atoms with van der Waals surface area (Å²) in [5, 5.41) is 0. The smallest absolute Gasteiger partial charge is 0.257 e. The van der Waals surface area contributed by atoms with Gasteiger partial charge in [-0.3, -0.25) is 0 Å². The Bertz CT molecular complexity index is 197. The number of nitrogens with zero attached hydrogens (tertiary/aromatic N) is 1. The van der Waals surface area contributed by atoms with E-state index in [1.54, 1.807) is 6.26 Å². The Morgan fingerprint density at radius 1 is 1.70 bits per heavy atom. The maximum Gasteiger partial charge on any atom is 0.257 e. The van der Waals surface area contributed by atoms with Crippen LogP contribution >= 0.6 is 22.6 Å². The molecule has 0 atom stereocenters. The van der Waals surface area contributed by atoms with Crippen molar-refractivity contribution in [3.8, 4) is 0 Å². The maximum absolute atomic E-state index is 5.04. The molecule has 0 bridgehead atoms. The third-order valence-corrected chi connectivity index (χ3v) is 1.81. The molecule has 0 saturated heterocycles. The fourth-order valence-corrected chi connectivity index (χ4v) is 1.19. The van der Waals surface area contributed by atoms with E-state index in [9.17, 15) is 0 Å². The number of aromatic nitrogens is 1. The van der Waals surface area contributed by atoms with Gasteiger partial charge < -0.3 is 4.42 Å². The van der Waals surface area contributed by atoms with Gasteiger partial charge in [-0.15, -0.1) is 0 Å². The zero-order valence-electron chi connectivity index (χ0n) is 5.93. The zero-order valence-corrected chi connectivity index (χ0v) is 8.09. The molecule has 0 saturated carbocycles. The van der Waals surface area contributed by atoms with E-state index in [1.165, 1.54) is 12.8 Å². The van der Waals surface area contributed by atoms with E-state index in [4.69, 9.17) is 4.42 Å². The van der Waals surface area contributed by atoms with Gasteiger partial charge in [-0.1, -0.05) is 13.3 Å². The molecule has 0 aliphatic carbocycles. The second-order valence-corrected chi connectivity index (χ2v) is 3.12. The summed E-state index contributed by atoms with van der Waals surface area (Å²) in [6.07, 6.45) is 5.19. The van der Waals surface area contributed by atoms with Crippen molar-refractivity contribution < 1.29 is 4.42 Å². The third-order valence-electron chi connectivity index (χ3n) is 1.31. The average molecular weight is 251 g/mol. The average Bonchev–Trinajstić information content (AvgIpc) is 2.31. The van der Waals surface area contributed by atoms with Crippen molar-refractivity contribution in [3.05, 3.63) is 15.9 Å². The fourth-order valence-electron chi connectivity index (χ4n) is 0.755. The van der Waals surface area contributed by atoms with E-state index >= 15 is 0 Å². The molecule has 10 heavy (non-hydrogen) atoms. The van der Waals surface area contributed by atoms with Gasteiger partial charge in [-0.25, -0.2) is 4.98 Å². The molecule has 3 heteroatoms. The van der Waals surface area contributed by atoms with Crippen LogP contribution in [0.25, 0.3) is 0 Å². The van der Waals surface area contributed by atoms with Crippen LogP contribution in [0.2, 0.25) is 0 Å². The minimum atomic E-state index is 0.740. The van der Waals surface area contributed by atoms with Gasteiger partial charge in [0.15, 0.2) is 0 Å². The summed E-state index contributed by atoms with van der Waals surface area (Å²) in [5.74, 6) is 0. The first-order valence-corrected chi connectivity index (χ1v) is 4.50. The van der Waals surface area contributed by atoms with Crippen LogP contribution in [0.5, 0.6) is 0 Å². The summed E-state index contributed by atoms with van der Waals surface area (Å²) >= 11 is 2.07. The largest absolute Gasteiger partial charge is 0.440 e. The molecule has 0 radical (unpaired) electrons. The van der Waals surface area contributed by atoms with Crippen molar-refractivity contribution in [1.29, 1.82) is 0 Å². The summed E-state index contributed by atoms with van der Waals surface area (Å²) in [6.45, 7) is 2.17. The van der Waals surface area contributed by atoms with Gasteiger partial charge in [0.25, 0.3) is 3.90 Å². The van der Waals surface area contributed by atoms with Gasteiger partial charge in [0.2, 0.25) is 0 Å². The summed E-state index contributed by atoms with van der Waals surface area (Å²) in [7, 11) is 0.